The van der Waals surface area contributed by atoms with Gasteiger partial charge in [-0.25, -0.2) is 4.79 Å². The van der Waals surface area contributed by atoms with E-state index in [9.17, 15) is 14.4 Å². The first-order valence-electron chi connectivity index (χ1n) is 9.33. The number of nitrogens with one attached hydrogen (secondary N) is 2. The first-order valence-corrected chi connectivity index (χ1v) is 9.70. The van der Waals surface area contributed by atoms with E-state index in [0.29, 0.717) is 16.6 Å². The number of imide groups is 1. The van der Waals surface area contributed by atoms with Crippen molar-refractivity contribution in [2.24, 2.45) is 5.92 Å². The van der Waals surface area contributed by atoms with E-state index >= 15 is 0 Å². The second kappa shape index (κ2) is 8.61. The molecule has 3 rings (SSSR count). The van der Waals surface area contributed by atoms with Gasteiger partial charge in [-0.3, -0.25) is 14.5 Å². The molecule has 0 spiro atoms. The van der Waals surface area contributed by atoms with Crippen molar-refractivity contribution in [3.8, 4) is 0 Å². The van der Waals surface area contributed by atoms with Gasteiger partial charge in [-0.05, 0) is 37.0 Å². The lowest BCUT2D eigenvalue weighted by Gasteiger charge is -2.23. The van der Waals surface area contributed by atoms with Crippen molar-refractivity contribution < 1.29 is 14.4 Å². The molecule has 7 nitrogen and oxygen atoms in total. The maximum Gasteiger partial charge on any atom is 0.327 e. The van der Waals surface area contributed by atoms with E-state index in [0.717, 1.165) is 17.1 Å². The first kappa shape index (κ1) is 19.5. The summed E-state index contributed by atoms with van der Waals surface area (Å²) in [4.78, 5) is 38.1. The van der Waals surface area contributed by atoms with Crippen LogP contribution in [0.3, 0.4) is 0 Å². The van der Waals surface area contributed by atoms with E-state index in [2.05, 4.69) is 10.6 Å². The number of anilines is 2. The maximum absolute atomic E-state index is 12.4. The number of carbonyl (C=O) groups is 3. The van der Waals surface area contributed by atoms with Crippen molar-refractivity contribution in [2.75, 3.05) is 37.3 Å². The minimum absolute atomic E-state index is 0.0783. The summed E-state index contributed by atoms with van der Waals surface area (Å²) in [6.45, 7) is 0.600. The average molecular weight is 393 g/mol. The molecule has 1 aliphatic carbocycles. The fourth-order valence-corrected chi connectivity index (χ4v) is 3.73. The van der Waals surface area contributed by atoms with Gasteiger partial charge in [0, 0.05) is 18.6 Å². The molecule has 0 bridgehead atoms. The molecule has 2 fully saturated rings. The van der Waals surface area contributed by atoms with Crippen molar-refractivity contribution in [3.63, 3.8) is 0 Å². The number of urea groups is 1. The molecule has 2 aliphatic rings. The molecule has 1 saturated heterocycles. The highest BCUT2D eigenvalue weighted by Gasteiger charge is 2.34. The fraction of sp³-hybridized carbons (Fsp3) is 0.526. The van der Waals surface area contributed by atoms with Crippen LogP contribution in [0.4, 0.5) is 16.2 Å². The normalized spacial score (nSPS) is 18.1. The number of amides is 4. The Morgan fingerprint density at radius 3 is 2.59 bits per heavy atom. The third kappa shape index (κ3) is 4.91. The predicted molar refractivity (Wildman–Crippen MR) is 105 cm³/mol. The van der Waals surface area contributed by atoms with E-state index < -0.39 is 6.03 Å². The Morgan fingerprint density at radius 1 is 1.19 bits per heavy atom. The largest absolute Gasteiger partial charge is 0.383 e. The standard InChI is InChI=1S/C19H25ClN4O3/c1-23-18(26)12-24(19(23)27)11-17(25)22-16-9-14(20)7-8-15(16)21-10-13-5-3-2-4-6-13/h7-9,13,21H,2-6,10-12H2,1H3,(H,22,25). The van der Waals surface area contributed by atoms with Gasteiger partial charge in [-0.1, -0.05) is 30.9 Å². The van der Waals surface area contributed by atoms with Gasteiger partial charge in [-0.15, -0.1) is 0 Å². The zero-order chi connectivity index (χ0) is 19.4. The monoisotopic (exact) mass is 392 g/mol. The van der Waals surface area contributed by atoms with E-state index in [4.69, 9.17) is 11.6 Å². The van der Waals surface area contributed by atoms with Gasteiger partial charge in [0.1, 0.15) is 13.1 Å². The van der Waals surface area contributed by atoms with Crippen LogP contribution in [0, 0.1) is 5.92 Å². The minimum atomic E-state index is -0.461. The number of carbonyl (C=O) groups excluding carboxylic acids is 3. The minimum Gasteiger partial charge on any atom is -0.383 e. The molecule has 1 heterocycles. The number of nitrogens with zero attached hydrogens (tertiary/aromatic N) is 2. The van der Waals surface area contributed by atoms with Crippen LogP contribution in [0.2, 0.25) is 5.02 Å². The van der Waals surface area contributed by atoms with Crippen LogP contribution < -0.4 is 10.6 Å². The molecule has 0 radical (unpaired) electrons. The van der Waals surface area contributed by atoms with Gasteiger partial charge in [0.2, 0.25) is 11.8 Å². The summed E-state index contributed by atoms with van der Waals surface area (Å²) in [6, 6.07) is 4.85. The van der Waals surface area contributed by atoms with Crippen LogP contribution in [0.5, 0.6) is 0 Å². The first-order chi connectivity index (χ1) is 12.9. The highest BCUT2D eigenvalue weighted by atomic mass is 35.5. The topological polar surface area (TPSA) is 81.8 Å². The quantitative estimate of drug-likeness (QED) is 0.728. The van der Waals surface area contributed by atoms with Crippen LogP contribution in [0.25, 0.3) is 0 Å². The summed E-state index contributed by atoms with van der Waals surface area (Å²) >= 11 is 6.09. The van der Waals surface area contributed by atoms with Crippen molar-refractivity contribution in [3.05, 3.63) is 23.2 Å². The summed E-state index contributed by atoms with van der Waals surface area (Å²) in [7, 11) is 1.41. The Labute approximate surface area is 164 Å². The van der Waals surface area contributed by atoms with E-state index in [1.165, 1.54) is 44.1 Å². The van der Waals surface area contributed by atoms with E-state index in [-0.39, 0.29) is 24.9 Å². The number of halogens is 1. The van der Waals surface area contributed by atoms with Gasteiger partial charge >= 0.3 is 6.03 Å². The van der Waals surface area contributed by atoms with Crippen LogP contribution >= 0.6 is 11.6 Å². The van der Waals surface area contributed by atoms with Crippen LogP contribution in [0.1, 0.15) is 32.1 Å². The van der Waals surface area contributed by atoms with Gasteiger partial charge < -0.3 is 15.5 Å². The maximum atomic E-state index is 12.4. The number of likely N-dealkylation sites (N-methyl/N-ethyl adjacent to an activating group) is 1. The van der Waals surface area contributed by atoms with E-state index in [1.54, 1.807) is 12.1 Å². The molecule has 27 heavy (non-hydrogen) atoms. The molecule has 146 valence electrons. The molecule has 8 heteroatoms. The number of hydrogen-bond acceptors (Lipinski definition) is 4. The van der Waals surface area contributed by atoms with Gasteiger partial charge in [0.25, 0.3) is 0 Å². The van der Waals surface area contributed by atoms with Crippen molar-refractivity contribution >= 4 is 40.8 Å². The smallest absolute Gasteiger partial charge is 0.327 e. The molecule has 0 aromatic heterocycles. The predicted octanol–water partition coefficient (Wildman–Crippen LogP) is 3.16. The third-order valence-electron chi connectivity index (χ3n) is 5.15. The van der Waals surface area contributed by atoms with Gasteiger partial charge in [0.05, 0.1) is 11.4 Å². The Balaban J connectivity index is 1.61. The number of hydrogen-bond donors (Lipinski definition) is 2. The number of rotatable bonds is 6. The molecule has 4 amide bonds. The zero-order valence-corrected chi connectivity index (χ0v) is 16.2. The highest BCUT2D eigenvalue weighted by molar-refractivity contribution is 6.31. The molecule has 1 saturated carbocycles. The zero-order valence-electron chi connectivity index (χ0n) is 15.5. The molecule has 0 unspecified atom stereocenters. The highest BCUT2D eigenvalue weighted by Crippen LogP contribution is 2.28. The Morgan fingerprint density at radius 2 is 1.93 bits per heavy atom. The summed E-state index contributed by atoms with van der Waals surface area (Å²) in [5.41, 5.74) is 1.38. The van der Waals surface area contributed by atoms with Crippen molar-refractivity contribution in [1.82, 2.24) is 9.80 Å². The Bertz CT molecular complexity index is 734. The second-order valence-corrected chi connectivity index (χ2v) is 7.65. The van der Waals surface area contributed by atoms with Crippen molar-refractivity contribution in [1.29, 1.82) is 0 Å². The molecule has 0 atom stereocenters. The lowest BCUT2D eigenvalue weighted by Crippen LogP contribution is -2.36. The summed E-state index contributed by atoms with van der Waals surface area (Å²) in [5, 5.41) is 6.74. The third-order valence-corrected chi connectivity index (χ3v) is 5.39. The van der Waals surface area contributed by atoms with Gasteiger partial charge in [0.15, 0.2) is 0 Å². The van der Waals surface area contributed by atoms with Crippen molar-refractivity contribution in [2.45, 2.75) is 32.1 Å². The molecule has 2 N–H and O–H groups in total. The van der Waals surface area contributed by atoms with Gasteiger partial charge in [-0.2, -0.15) is 0 Å². The Kier molecular flexibility index (Phi) is 6.21. The second-order valence-electron chi connectivity index (χ2n) is 7.21. The van der Waals surface area contributed by atoms with Crippen LogP contribution in [0.15, 0.2) is 18.2 Å². The average Bonchev–Trinajstić information content (AvgIpc) is 2.88. The fourth-order valence-electron chi connectivity index (χ4n) is 3.56. The summed E-state index contributed by atoms with van der Waals surface area (Å²) in [5.74, 6) is -0.0402. The van der Waals surface area contributed by atoms with Crippen LogP contribution in [-0.4, -0.2) is 54.3 Å². The molecular weight excluding hydrogens is 368 g/mol. The molecular formula is C19H25ClN4O3. The summed E-state index contributed by atoms with van der Waals surface area (Å²) in [6.07, 6.45) is 6.30. The molecule has 1 aliphatic heterocycles. The lowest BCUT2D eigenvalue weighted by atomic mass is 9.89. The number of benzene rings is 1. The molecule has 1 aromatic rings. The van der Waals surface area contributed by atoms with E-state index in [1.807, 2.05) is 6.07 Å². The lowest BCUT2D eigenvalue weighted by molar-refractivity contribution is -0.124. The SMILES string of the molecule is CN1C(=O)CN(CC(=O)Nc2cc(Cl)ccc2NCC2CCCCC2)C1=O. The summed E-state index contributed by atoms with van der Waals surface area (Å²) < 4.78 is 0. The Hall–Kier alpha value is -2.28. The van der Waals surface area contributed by atoms with Crippen LogP contribution in [-0.2, 0) is 9.59 Å². The molecule has 1 aromatic carbocycles.